The van der Waals surface area contributed by atoms with Crippen LogP contribution in [0, 0.1) is 5.92 Å². The standard InChI is InChI=1S/C24H36N4O3.CH2O2/c1-15(2)21(27-22(29)16(3)25-4)24(31)28-14-8-13-20(28)23(30)26-19-12-7-10-17-9-5-6-11-18(17)19;2-1-3/h5-6,9,11,15-16,19-21,25H,7-8,10,12-14H2,1-4H3,(H,26,30)(H,27,29);1H,(H,2,3)/t16-,19+,20-,21+;/m0./s1. The fourth-order valence-electron chi connectivity index (χ4n) is 4.58. The third-order valence-electron chi connectivity index (χ3n) is 6.58. The van der Waals surface area contributed by atoms with Crippen LogP contribution in [0.2, 0.25) is 0 Å². The van der Waals surface area contributed by atoms with Crippen molar-refractivity contribution in [3.8, 4) is 0 Å². The van der Waals surface area contributed by atoms with Gasteiger partial charge in [-0.05, 0) is 63.1 Å². The van der Waals surface area contributed by atoms with Crippen LogP contribution in [0.5, 0.6) is 0 Å². The maximum absolute atomic E-state index is 13.3. The number of hydrogen-bond acceptors (Lipinski definition) is 5. The van der Waals surface area contributed by atoms with Gasteiger partial charge in [0.15, 0.2) is 0 Å². The Labute approximate surface area is 201 Å². The van der Waals surface area contributed by atoms with Crippen LogP contribution < -0.4 is 16.0 Å². The number of likely N-dealkylation sites (tertiary alicyclic amines) is 1. The van der Waals surface area contributed by atoms with Crippen molar-refractivity contribution in [2.24, 2.45) is 5.92 Å². The molecule has 9 nitrogen and oxygen atoms in total. The number of carbonyl (C=O) groups excluding carboxylic acids is 3. The quantitative estimate of drug-likeness (QED) is 0.445. The number of fused-ring (bicyclic) bond motifs is 1. The summed E-state index contributed by atoms with van der Waals surface area (Å²) in [5.74, 6) is -0.554. The third kappa shape index (κ3) is 6.79. The van der Waals surface area contributed by atoms with E-state index in [1.807, 2.05) is 26.0 Å². The van der Waals surface area contributed by atoms with Crippen molar-refractivity contribution in [3.63, 3.8) is 0 Å². The highest BCUT2D eigenvalue weighted by molar-refractivity contribution is 5.93. The van der Waals surface area contributed by atoms with Crippen LogP contribution in [0.25, 0.3) is 0 Å². The van der Waals surface area contributed by atoms with Gasteiger partial charge in [0, 0.05) is 6.54 Å². The van der Waals surface area contributed by atoms with E-state index in [0.717, 1.165) is 25.7 Å². The van der Waals surface area contributed by atoms with Crippen molar-refractivity contribution in [1.82, 2.24) is 20.9 Å². The second-order valence-electron chi connectivity index (χ2n) is 9.19. The summed E-state index contributed by atoms with van der Waals surface area (Å²) in [7, 11) is 1.71. The first-order valence-electron chi connectivity index (χ1n) is 12.0. The van der Waals surface area contributed by atoms with Gasteiger partial charge in [0.05, 0.1) is 12.1 Å². The molecule has 3 rings (SSSR count). The van der Waals surface area contributed by atoms with Crippen molar-refractivity contribution in [3.05, 3.63) is 35.4 Å². The van der Waals surface area contributed by atoms with Gasteiger partial charge >= 0.3 is 0 Å². The highest BCUT2D eigenvalue weighted by Crippen LogP contribution is 2.30. The Morgan fingerprint density at radius 1 is 1.12 bits per heavy atom. The zero-order valence-corrected chi connectivity index (χ0v) is 20.5. The molecule has 188 valence electrons. The van der Waals surface area contributed by atoms with E-state index in [1.165, 1.54) is 11.1 Å². The van der Waals surface area contributed by atoms with E-state index in [4.69, 9.17) is 9.90 Å². The Morgan fingerprint density at radius 3 is 2.44 bits per heavy atom. The second kappa shape index (κ2) is 13.1. The lowest BCUT2D eigenvalue weighted by Gasteiger charge is -2.33. The molecule has 0 radical (unpaired) electrons. The lowest BCUT2D eigenvalue weighted by atomic mass is 9.87. The smallest absolute Gasteiger partial charge is 0.290 e. The minimum atomic E-state index is -0.646. The molecule has 0 saturated carbocycles. The van der Waals surface area contributed by atoms with Gasteiger partial charge in [-0.15, -0.1) is 0 Å². The van der Waals surface area contributed by atoms with Crippen LogP contribution in [-0.2, 0) is 25.6 Å². The first-order valence-corrected chi connectivity index (χ1v) is 12.0. The molecule has 1 aromatic rings. The fraction of sp³-hybridized carbons (Fsp3) is 0.600. The summed E-state index contributed by atoms with van der Waals surface area (Å²) < 4.78 is 0. The molecule has 4 N–H and O–H groups in total. The second-order valence-corrected chi connectivity index (χ2v) is 9.19. The molecular weight excluding hydrogens is 436 g/mol. The van der Waals surface area contributed by atoms with Gasteiger partial charge in [-0.25, -0.2) is 0 Å². The number of nitrogens with one attached hydrogen (secondary N) is 3. The van der Waals surface area contributed by atoms with Gasteiger partial charge in [-0.3, -0.25) is 19.2 Å². The van der Waals surface area contributed by atoms with Crippen LogP contribution in [0.4, 0.5) is 0 Å². The molecule has 1 aromatic carbocycles. The molecule has 1 aliphatic carbocycles. The van der Waals surface area contributed by atoms with Gasteiger partial charge in [0.1, 0.15) is 12.1 Å². The summed E-state index contributed by atoms with van der Waals surface area (Å²) in [6.45, 7) is 5.87. The molecule has 3 amide bonds. The van der Waals surface area contributed by atoms with E-state index in [2.05, 4.69) is 28.1 Å². The van der Waals surface area contributed by atoms with Crippen molar-refractivity contribution >= 4 is 24.2 Å². The average molecular weight is 475 g/mol. The summed E-state index contributed by atoms with van der Waals surface area (Å²) in [6, 6.07) is 6.73. The van der Waals surface area contributed by atoms with Crippen molar-refractivity contribution in [2.45, 2.75) is 77.0 Å². The number of likely N-dealkylation sites (N-methyl/N-ethyl adjacent to an activating group) is 1. The average Bonchev–Trinajstić information content (AvgIpc) is 3.32. The van der Waals surface area contributed by atoms with E-state index in [0.29, 0.717) is 13.0 Å². The Morgan fingerprint density at radius 2 is 1.79 bits per heavy atom. The number of rotatable bonds is 7. The zero-order chi connectivity index (χ0) is 25.3. The number of carbonyl (C=O) groups is 4. The minimum absolute atomic E-state index is 0.00733. The highest BCUT2D eigenvalue weighted by atomic mass is 16.3. The van der Waals surface area contributed by atoms with Crippen molar-refractivity contribution < 1.29 is 24.3 Å². The Hall–Kier alpha value is -2.94. The normalized spacial score (nSPS) is 20.9. The Bertz CT molecular complexity index is 859. The van der Waals surface area contributed by atoms with Gasteiger partial charge in [0.2, 0.25) is 17.7 Å². The fourth-order valence-corrected chi connectivity index (χ4v) is 4.58. The molecule has 4 atom stereocenters. The third-order valence-corrected chi connectivity index (χ3v) is 6.58. The van der Waals surface area contributed by atoms with Crippen LogP contribution >= 0.6 is 0 Å². The molecule has 0 bridgehead atoms. The number of aryl methyl sites for hydroxylation is 1. The maximum Gasteiger partial charge on any atom is 0.290 e. The van der Waals surface area contributed by atoms with E-state index in [1.54, 1.807) is 18.9 Å². The first-order chi connectivity index (χ1) is 16.2. The van der Waals surface area contributed by atoms with Crippen molar-refractivity contribution in [2.75, 3.05) is 13.6 Å². The first kappa shape index (κ1) is 27.3. The summed E-state index contributed by atoms with van der Waals surface area (Å²) in [5, 5.41) is 15.9. The monoisotopic (exact) mass is 474 g/mol. The predicted molar refractivity (Wildman–Crippen MR) is 129 cm³/mol. The summed E-state index contributed by atoms with van der Waals surface area (Å²) in [5.41, 5.74) is 2.48. The van der Waals surface area contributed by atoms with E-state index >= 15 is 0 Å². The molecular formula is C25H38N4O5. The zero-order valence-electron chi connectivity index (χ0n) is 20.5. The molecule has 0 unspecified atom stereocenters. The number of benzene rings is 1. The molecule has 2 aliphatic rings. The van der Waals surface area contributed by atoms with Crippen LogP contribution in [0.1, 0.15) is 63.6 Å². The van der Waals surface area contributed by atoms with E-state index < -0.39 is 18.1 Å². The van der Waals surface area contributed by atoms with Gasteiger partial charge in [0.25, 0.3) is 6.47 Å². The van der Waals surface area contributed by atoms with E-state index in [9.17, 15) is 14.4 Å². The van der Waals surface area contributed by atoms with Crippen LogP contribution in [0.15, 0.2) is 24.3 Å². The minimum Gasteiger partial charge on any atom is -0.483 e. The van der Waals surface area contributed by atoms with Crippen LogP contribution in [0.3, 0.4) is 0 Å². The molecule has 0 aromatic heterocycles. The molecule has 1 saturated heterocycles. The molecule has 1 fully saturated rings. The van der Waals surface area contributed by atoms with Crippen molar-refractivity contribution in [1.29, 1.82) is 0 Å². The van der Waals surface area contributed by atoms with Gasteiger partial charge in [-0.2, -0.15) is 0 Å². The maximum atomic E-state index is 13.3. The molecule has 34 heavy (non-hydrogen) atoms. The number of nitrogens with zero attached hydrogens (tertiary/aromatic N) is 1. The topological polar surface area (TPSA) is 128 Å². The largest absolute Gasteiger partial charge is 0.483 e. The number of carboxylic acid groups (broad SMARTS) is 1. The summed E-state index contributed by atoms with van der Waals surface area (Å²) in [6.07, 6.45) is 4.43. The molecule has 1 aliphatic heterocycles. The number of hydrogen-bond donors (Lipinski definition) is 4. The number of amides is 3. The summed E-state index contributed by atoms with van der Waals surface area (Å²) in [4.78, 5) is 49.0. The molecule has 9 heteroatoms. The molecule has 1 heterocycles. The van der Waals surface area contributed by atoms with Gasteiger partial charge in [-0.1, -0.05) is 38.1 Å². The molecule has 0 spiro atoms. The Balaban J connectivity index is 0.00000129. The summed E-state index contributed by atoms with van der Waals surface area (Å²) >= 11 is 0. The van der Waals surface area contributed by atoms with Crippen LogP contribution in [-0.4, -0.2) is 65.9 Å². The predicted octanol–water partition coefficient (Wildman–Crippen LogP) is 1.62. The van der Waals surface area contributed by atoms with Gasteiger partial charge < -0.3 is 26.0 Å². The SMILES string of the molecule is CN[C@@H](C)C(=O)N[C@@H](C(=O)N1CCC[C@H]1C(=O)N[C@@H]1CCCc2ccccc21)C(C)C.O=CO. The highest BCUT2D eigenvalue weighted by Gasteiger charge is 2.39. The van der Waals surface area contributed by atoms with E-state index in [-0.39, 0.29) is 36.2 Å². The lowest BCUT2D eigenvalue weighted by molar-refractivity contribution is -0.142. The lowest BCUT2D eigenvalue weighted by Crippen LogP contribution is -2.57. The Kier molecular flexibility index (Phi) is 10.5.